The number of methoxy groups -OCH3 is 2. The zero-order valence-electron chi connectivity index (χ0n) is 19.7. The number of ether oxygens (including phenoxy) is 2. The molecule has 0 amide bonds. The first-order valence-corrected chi connectivity index (χ1v) is 10.9. The predicted octanol–water partition coefficient (Wildman–Crippen LogP) is 5.05. The van der Waals surface area contributed by atoms with Crippen molar-refractivity contribution < 1.29 is 22.8 Å². The fourth-order valence-corrected chi connectivity index (χ4v) is 4.39. The van der Waals surface area contributed by atoms with Gasteiger partial charge in [-0.15, -0.1) is 0 Å². The highest BCUT2D eigenvalue weighted by Crippen LogP contribution is 2.41. The normalized spacial score (nSPS) is 12.1. The molecule has 0 fully saturated rings. The van der Waals surface area contributed by atoms with E-state index in [2.05, 4.69) is 20.1 Å². The third-order valence-electron chi connectivity index (χ3n) is 6.02. The number of hydrogen-bond acceptors (Lipinski definition) is 7. The van der Waals surface area contributed by atoms with E-state index in [-0.39, 0.29) is 18.7 Å². The Bertz CT molecular complexity index is 1510. The van der Waals surface area contributed by atoms with E-state index < -0.39 is 11.7 Å². The third kappa shape index (κ3) is 3.70. The highest BCUT2D eigenvalue weighted by atomic mass is 19.3. The second kappa shape index (κ2) is 8.70. The molecule has 5 aromatic rings. The Labute approximate surface area is 199 Å². The van der Waals surface area contributed by atoms with Crippen molar-refractivity contribution in [3.63, 3.8) is 0 Å². The van der Waals surface area contributed by atoms with Crippen LogP contribution >= 0.6 is 0 Å². The Hall–Kier alpha value is -3.92. The standard InChI is InChI=1S/C25H23F2N5O3/c1-14-22(15(2)35-31-14)18-10-19-17(11-21(18)34-4)23-20(13-29-19)30-24(32(23)8-9-33-3)25(26,27)16-6-5-7-28-12-16/h5-7,10-13H,8-9H2,1-4H3. The summed E-state index contributed by atoms with van der Waals surface area (Å²) in [5.41, 5.74) is 3.50. The number of aromatic nitrogens is 5. The second-order valence-corrected chi connectivity index (χ2v) is 8.16. The highest BCUT2D eigenvalue weighted by Gasteiger charge is 2.40. The molecule has 0 unspecified atom stereocenters. The van der Waals surface area contributed by atoms with Crippen LogP contribution in [0.25, 0.3) is 33.1 Å². The van der Waals surface area contributed by atoms with Crippen LogP contribution in [0.1, 0.15) is 22.8 Å². The molecule has 0 saturated heterocycles. The Balaban J connectivity index is 1.80. The number of pyridine rings is 2. The number of rotatable bonds is 7. The van der Waals surface area contributed by atoms with Crippen molar-refractivity contribution in [3.05, 3.63) is 65.7 Å². The molecule has 0 aliphatic heterocycles. The van der Waals surface area contributed by atoms with E-state index in [9.17, 15) is 0 Å². The monoisotopic (exact) mass is 479 g/mol. The van der Waals surface area contributed by atoms with Gasteiger partial charge in [-0.3, -0.25) is 9.97 Å². The molecule has 0 radical (unpaired) electrons. The molecule has 0 aliphatic carbocycles. The quantitative estimate of drug-likeness (QED) is 0.323. The topological polar surface area (TPSA) is 88.1 Å². The first kappa shape index (κ1) is 22.9. The maximum absolute atomic E-state index is 15.7. The molecule has 0 spiro atoms. The number of fused-ring (bicyclic) bond motifs is 3. The first-order valence-electron chi connectivity index (χ1n) is 10.9. The van der Waals surface area contributed by atoms with Gasteiger partial charge in [-0.2, -0.15) is 8.78 Å². The third-order valence-corrected chi connectivity index (χ3v) is 6.02. The molecule has 0 N–H and O–H groups in total. The minimum absolute atomic E-state index is 0.172. The van der Waals surface area contributed by atoms with Gasteiger partial charge in [0.15, 0.2) is 5.82 Å². The van der Waals surface area contributed by atoms with E-state index in [4.69, 9.17) is 14.0 Å². The van der Waals surface area contributed by atoms with Crippen LogP contribution in [0.3, 0.4) is 0 Å². The number of halogens is 2. The lowest BCUT2D eigenvalue weighted by molar-refractivity contribution is 0.0279. The van der Waals surface area contributed by atoms with Crippen molar-refractivity contribution in [2.24, 2.45) is 0 Å². The Morgan fingerprint density at radius 3 is 2.60 bits per heavy atom. The van der Waals surface area contributed by atoms with Gasteiger partial charge in [-0.05, 0) is 38.1 Å². The fraction of sp³-hybridized carbons (Fsp3) is 0.280. The summed E-state index contributed by atoms with van der Waals surface area (Å²) in [6, 6.07) is 6.46. The zero-order valence-corrected chi connectivity index (χ0v) is 19.7. The number of benzene rings is 1. The average molecular weight is 479 g/mol. The summed E-state index contributed by atoms with van der Waals surface area (Å²) in [6.07, 6.45) is 4.11. The fourth-order valence-electron chi connectivity index (χ4n) is 4.39. The molecule has 5 rings (SSSR count). The Morgan fingerprint density at radius 1 is 1.11 bits per heavy atom. The van der Waals surface area contributed by atoms with Gasteiger partial charge in [0.25, 0.3) is 0 Å². The lowest BCUT2D eigenvalue weighted by atomic mass is 10.0. The van der Waals surface area contributed by atoms with Crippen molar-refractivity contribution in [1.82, 2.24) is 24.7 Å². The van der Waals surface area contributed by atoms with Gasteiger partial charge in [0.05, 0.1) is 42.2 Å². The summed E-state index contributed by atoms with van der Waals surface area (Å²) in [4.78, 5) is 12.7. The van der Waals surface area contributed by atoms with Crippen LogP contribution < -0.4 is 4.74 Å². The van der Waals surface area contributed by atoms with E-state index in [1.807, 2.05) is 19.9 Å². The van der Waals surface area contributed by atoms with Crippen molar-refractivity contribution in [2.45, 2.75) is 26.3 Å². The first-order chi connectivity index (χ1) is 16.9. The minimum Gasteiger partial charge on any atom is -0.496 e. The molecule has 4 aromatic heterocycles. The second-order valence-electron chi connectivity index (χ2n) is 8.16. The van der Waals surface area contributed by atoms with Crippen LogP contribution in [0.2, 0.25) is 0 Å². The van der Waals surface area contributed by atoms with Crippen molar-refractivity contribution in [3.8, 4) is 16.9 Å². The largest absolute Gasteiger partial charge is 0.496 e. The summed E-state index contributed by atoms with van der Waals surface area (Å²) < 4.78 is 49.1. The lowest BCUT2D eigenvalue weighted by Crippen LogP contribution is -2.23. The van der Waals surface area contributed by atoms with Crippen LogP contribution in [-0.4, -0.2) is 45.5 Å². The molecule has 0 aliphatic rings. The molecule has 4 heterocycles. The molecule has 35 heavy (non-hydrogen) atoms. The summed E-state index contributed by atoms with van der Waals surface area (Å²) in [7, 11) is 3.08. The van der Waals surface area contributed by atoms with Crippen LogP contribution in [0.4, 0.5) is 8.78 Å². The molecule has 10 heteroatoms. The van der Waals surface area contributed by atoms with E-state index in [0.29, 0.717) is 39.1 Å². The van der Waals surface area contributed by atoms with Crippen molar-refractivity contribution in [1.29, 1.82) is 0 Å². The average Bonchev–Trinajstić information content (AvgIpc) is 3.42. The molecule has 180 valence electrons. The van der Waals surface area contributed by atoms with Crippen LogP contribution in [0.15, 0.2) is 47.4 Å². The van der Waals surface area contributed by atoms with Gasteiger partial charge in [-0.1, -0.05) is 5.16 Å². The molecule has 1 aromatic carbocycles. The van der Waals surface area contributed by atoms with E-state index in [1.165, 1.54) is 36.2 Å². The molecule has 0 saturated carbocycles. The minimum atomic E-state index is -3.38. The Kier molecular flexibility index (Phi) is 5.68. The van der Waals surface area contributed by atoms with Gasteiger partial charge in [-0.25, -0.2) is 4.98 Å². The van der Waals surface area contributed by atoms with Crippen LogP contribution in [0, 0.1) is 13.8 Å². The summed E-state index contributed by atoms with van der Waals surface area (Å²) in [5, 5.41) is 4.67. The summed E-state index contributed by atoms with van der Waals surface area (Å²) in [6.45, 7) is 4.06. The van der Waals surface area contributed by atoms with Crippen LogP contribution in [0.5, 0.6) is 5.75 Å². The zero-order chi connectivity index (χ0) is 24.7. The number of imidazole rings is 1. The Morgan fingerprint density at radius 2 is 1.94 bits per heavy atom. The highest BCUT2D eigenvalue weighted by molar-refractivity contribution is 6.05. The molecule has 8 nitrogen and oxygen atoms in total. The molecular formula is C25H23F2N5O3. The van der Waals surface area contributed by atoms with E-state index in [1.54, 1.807) is 13.2 Å². The van der Waals surface area contributed by atoms with E-state index >= 15 is 8.78 Å². The molecule has 0 atom stereocenters. The molecular weight excluding hydrogens is 456 g/mol. The van der Waals surface area contributed by atoms with Gasteiger partial charge in [0.1, 0.15) is 17.0 Å². The van der Waals surface area contributed by atoms with Crippen LogP contribution in [-0.2, 0) is 17.2 Å². The predicted molar refractivity (Wildman–Crippen MR) is 126 cm³/mol. The van der Waals surface area contributed by atoms with Crippen molar-refractivity contribution in [2.75, 3.05) is 20.8 Å². The van der Waals surface area contributed by atoms with Gasteiger partial charge in [0, 0.05) is 42.6 Å². The number of nitrogens with zero attached hydrogens (tertiary/aromatic N) is 5. The SMILES string of the molecule is COCCn1c(C(F)(F)c2cccnc2)nc2cnc3cc(-c4c(C)noc4C)c(OC)cc3c21. The maximum atomic E-state index is 15.7. The number of aryl methyl sites for hydroxylation is 2. The molecule has 0 bridgehead atoms. The van der Waals surface area contributed by atoms with Crippen molar-refractivity contribution >= 4 is 21.9 Å². The van der Waals surface area contributed by atoms with Gasteiger partial charge in [0.2, 0.25) is 0 Å². The number of hydrogen-bond donors (Lipinski definition) is 0. The number of alkyl halides is 2. The maximum Gasteiger partial charge on any atom is 0.331 e. The summed E-state index contributed by atoms with van der Waals surface area (Å²) >= 11 is 0. The smallest absolute Gasteiger partial charge is 0.331 e. The van der Waals surface area contributed by atoms with E-state index in [0.717, 1.165) is 17.3 Å². The summed E-state index contributed by atoms with van der Waals surface area (Å²) in [5.74, 6) is -2.60. The van der Waals surface area contributed by atoms with Gasteiger partial charge >= 0.3 is 5.92 Å². The lowest BCUT2D eigenvalue weighted by Gasteiger charge is -2.18. The van der Waals surface area contributed by atoms with Gasteiger partial charge < -0.3 is 18.6 Å².